The second kappa shape index (κ2) is 3.43. The van der Waals surface area contributed by atoms with Crippen LogP contribution in [-0.2, 0) is 4.79 Å². The minimum atomic E-state index is 0.143. The van der Waals surface area contributed by atoms with Crippen molar-refractivity contribution in [2.75, 3.05) is 13.1 Å². The number of piperidine rings is 1. The quantitative estimate of drug-likeness (QED) is 0.471. The Morgan fingerprint density at radius 1 is 1.73 bits per heavy atom. The summed E-state index contributed by atoms with van der Waals surface area (Å²) in [7, 11) is 0. The van der Waals surface area contributed by atoms with Gasteiger partial charge < -0.3 is 4.90 Å². The SMILES string of the molecule is C#CC1CCCN(C(C)=O)C1. The van der Waals surface area contributed by atoms with Crippen LogP contribution in [0, 0.1) is 18.3 Å². The molecule has 0 saturated carbocycles. The molecule has 1 amide bonds. The lowest BCUT2D eigenvalue weighted by molar-refractivity contribution is -0.130. The largest absolute Gasteiger partial charge is 0.342 e. The Hall–Kier alpha value is -0.970. The summed E-state index contributed by atoms with van der Waals surface area (Å²) in [6.07, 6.45) is 7.40. The van der Waals surface area contributed by atoms with Gasteiger partial charge >= 0.3 is 0 Å². The lowest BCUT2D eigenvalue weighted by Crippen LogP contribution is -2.38. The van der Waals surface area contributed by atoms with E-state index in [9.17, 15) is 4.79 Å². The van der Waals surface area contributed by atoms with Gasteiger partial charge in [0.05, 0.1) is 0 Å². The van der Waals surface area contributed by atoms with E-state index in [1.807, 2.05) is 4.90 Å². The summed E-state index contributed by atoms with van der Waals surface area (Å²) >= 11 is 0. The van der Waals surface area contributed by atoms with Gasteiger partial charge in [-0.15, -0.1) is 12.3 Å². The van der Waals surface area contributed by atoms with Crippen molar-refractivity contribution in [2.45, 2.75) is 19.8 Å². The van der Waals surface area contributed by atoms with Crippen LogP contribution in [0.4, 0.5) is 0 Å². The molecule has 0 bridgehead atoms. The number of nitrogens with zero attached hydrogens (tertiary/aromatic N) is 1. The molecule has 1 saturated heterocycles. The molecule has 1 fully saturated rings. The highest BCUT2D eigenvalue weighted by molar-refractivity contribution is 5.73. The number of rotatable bonds is 0. The van der Waals surface area contributed by atoms with E-state index in [0.29, 0.717) is 0 Å². The fraction of sp³-hybridized carbons (Fsp3) is 0.667. The molecular weight excluding hydrogens is 138 g/mol. The monoisotopic (exact) mass is 151 g/mol. The van der Waals surface area contributed by atoms with Gasteiger partial charge in [0.1, 0.15) is 0 Å². The third kappa shape index (κ3) is 1.98. The molecule has 0 spiro atoms. The summed E-state index contributed by atoms with van der Waals surface area (Å²) in [6.45, 7) is 3.23. The van der Waals surface area contributed by atoms with E-state index in [2.05, 4.69) is 5.92 Å². The van der Waals surface area contributed by atoms with Crippen LogP contribution >= 0.6 is 0 Å². The first-order valence-electron chi connectivity index (χ1n) is 3.95. The van der Waals surface area contributed by atoms with Crippen LogP contribution in [0.1, 0.15) is 19.8 Å². The van der Waals surface area contributed by atoms with Crippen LogP contribution in [0.2, 0.25) is 0 Å². The van der Waals surface area contributed by atoms with E-state index in [1.165, 1.54) is 0 Å². The number of carbonyl (C=O) groups is 1. The molecule has 1 rings (SSSR count). The van der Waals surface area contributed by atoms with E-state index in [4.69, 9.17) is 6.42 Å². The Balaban J connectivity index is 2.47. The first-order valence-corrected chi connectivity index (χ1v) is 3.95. The van der Waals surface area contributed by atoms with Crippen molar-refractivity contribution < 1.29 is 4.79 Å². The lowest BCUT2D eigenvalue weighted by atomic mass is 9.99. The van der Waals surface area contributed by atoms with Gasteiger partial charge in [0.15, 0.2) is 0 Å². The van der Waals surface area contributed by atoms with Gasteiger partial charge in [-0.25, -0.2) is 0 Å². The minimum absolute atomic E-state index is 0.143. The number of amides is 1. The minimum Gasteiger partial charge on any atom is -0.342 e. The first kappa shape index (κ1) is 8.13. The Morgan fingerprint density at radius 3 is 3.00 bits per heavy atom. The molecule has 1 heterocycles. The maximum Gasteiger partial charge on any atom is 0.219 e. The predicted octanol–water partition coefficient (Wildman–Crippen LogP) is 0.878. The second-order valence-electron chi connectivity index (χ2n) is 2.97. The summed E-state index contributed by atoms with van der Waals surface area (Å²) < 4.78 is 0. The van der Waals surface area contributed by atoms with Gasteiger partial charge in [-0.1, -0.05) is 0 Å². The number of likely N-dealkylation sites (tertiary alicyclic amines) is 1. The van der Waals surface area contributed by atoms with Gasteiger partial charge in [-0.3, -0.25) is 4.79 Å². The van der Waals surface area contributed by atoms with Crippen LogP contribution in [0.3, 0.4) is 0 Å². The number of carbonyl (C=O) groups excluding carboxylic acids is 1. The molecule has 0 aromatic rings. The molecule has 0 radical (unpaired) electrons. The summed E-state index contributed by atoms with van der Waals surface area (Å²) in [5.74, 6) is 3.12. The standard InChI is InChI=1S/C9H13NO/c1-3-9-5-4-6-10(7-9)8(2)11/h1,9H,4-7H2,2H3. The molecule has 1 atom stereocenters. The van der Waals surface area contributed by atoms with Crippen molar-refractivity contribution in [1.82, 2.24) is 4.90 Å². The number of terminal acetylenes is 1. The van der Waals surface area contributed by atoms with E-state index in [-0.39, 0.29) is 11.8 Å². The van der Waals surface area contributed by atoms with Crippen molar-refractivity contribution in [3.63, 3.8) is 0 Å². The van der Waals surface area contributed by atoms with Gasteiger partial charge in [-0.05, 0) is 12.8 Å². The van der Waals surface area contributed by atoms with Gasteiger partial charge in [0.25, 0.3) is 0 Å². The zero-order valence-corrected chi connectivity index (χ0v) is 6.84. The molecule has 1 unspecified atom stereocenters. The van der Waals surface area contributed by atoms with Gasteiger partial charge in [0.2, 0.25) is 5.91 Å². The molecular formula is C9H13NO. The average Bonchev–Trinajstić information content (AvgIpc) is 2.05. The van der Waals surface area contributed by atoms with Gasteiger partial charge in [0, 0.05) is 25.9 Å². The molecule has 0 N–H and O–H groups in total. The first-order chi connectivity index (χ1) is 5.24. The molecule has 1 aliphatic rings. The molecule has 1 aliphatic heterocycles. The number of hydrogen-bond acceptors (Lipinski definition) is 1. The normalized spacial score (nSPS) is 24.4. The third-order valence-electron chi connectivity index (χ3n) is 2.10. The molecule has 0 aromatic heterocycles. The van der Waals surface area contributed by atoms with Crippen molar-refractivity contribution in [3.8, 4) is 12.3 Å². The van der Waals surface area contributed by atoms with E-state index in [0.717, 1.165) is 25.9 Å². The highest BCUT2D eigenvalue weighted by Crippen LogP contribution is 2.14. The maximum atomic E-state index is 10.9. The highest BCUT2D eigenvalue weighted by Gasteiger charge is 2.19. The molecule has 60 valence electrons. The fourth-order valence-corrected chi connectivity index (χ4v) is 1.40. The Morgan fingerprint density at radius 2 is 2.45 bits per heavy atom. The Labute approximate surface area is 67.6 Å². The Bertz CT molecular complexity index is 192. The number of hydrogen-bond donors (Lipinski definition) is 0. The molecule has 2 nitrogen and oxygen atoms in total. The van der Waals surface area contributed by atoms with E-state index < -0.39 is 0 Å². The average molecular weight is 151 g/mol. The van der Waals surface area contributed by atoms with Gasteiger partial charge in [-0.2, -0.15) is 0 Å². The smallest absolute Gasteiger partial charge is 0.219 e. The lowest BCUT2D eigenvalue weighted by Gasteiger charge is -2.29. The van der Waals surface area contributed by atoms with Crippen LogP contribution in [-0.4, -0.2) is 23.9 Å². The topological polar surface area (TPSA) is 20.3 Å². The predicted molar refractivity (Wildman–Crippen MR) is 43.8 cm³/mol. The summed E-state index contributed by atoms with van der Waals surface area (Å²) in [6, 6.07) is 0. The third-order valence-corrected chi connectivity index (χ3v) is 2.10. The van der Waals surface area contributed by atoms with E-state index in [1.54, 1.807) is 6.92 Å². The zero-order valence-electron chi connectivity index (χ0n) is 6.84. The van der Waals surface area contributed by atoms with Crippen LogP contribution < -0.4 is 0 Å². The van der Waals surface area contributed by atoms with Crippen LogP contribution in [0.5, 0.6) is 0 Å². The highest BCUT2D eigenvalue weighted by atomic mass is 16.2. The summed E-state index contributed by atoms with van der Waals surface area (Å²) in [5.41, 5.74) is 0. The molecule has 11 heavy (non-hydrogen) atoms. The molecule has 2 heteroatoms. The van der Waals surface area contributed by atoms with Crippen LogP contribution in [0.15, 0.2) is 0 Å². The summed E-state index contributed by atoms with van der Waals surface area (Å²) in [4.78, 5) is 12.7. The second-order valence-corrected chi connectivity index (χ2v) is 2.97. The Kier molecular flexibility index (Phi) is 2.53. The molecule has 0 aliphatic carbocycles. The van der Waals surface area contributed by atoms with Crippen molar-refractivity contribution in [3.05, 3.63) is 0 Å². The van der Waals surface area contributed by atoms with Crippen LogP contribution in [0.25, 0.3) is 0 Å². The van der Waals surface area contributed by atoms with Crippen molar-refractivity contribution in [2.24, 2.45) is 5.92 Å². The van der Waals surface area contributed by atoms with Crippen molar-refractivity contribution >= 4 is 5.91 Å². The fourth-order valence-electron chi connectivity index (χ4n) is 1.40. The van der Waals surface area contributed by atoms with E-state index >= 15 is 0 Å². The maximum absolute atomic E-state index is 10.9. The van der Waals surface area contributed by atoms with Crippen molar-refractivity contribution in [1.29, 1.82) is 0 Å². The summed E-state index contributed by atoms with van der Waals surface area (Å²) in [5, 5.41) is 0. The zero-order chi connectivity index (χ0) is 8.27. The molecule has 0 aromatic carbocycles.